The van der Waals surface area contributed by atoms with Crippen LogP contribution >= 0.6 is 13.5 Å². The number of unbranched alkanes of at least 4 members (excludes halogenated alkanes) is 1. The first-order chi connectivity index (χ1) is 10.1. The molecule has 0 saturated heterocycles. The van der Waals surface area contributed by atoms with E-state index in [4.69, 9.17) is 5.73 Å². The third-order valence-corrected chi connectivity index (χ3v) is 3.40. The number of nitrogens with zero attached hydrogens (tertiary/aromatic N) is 2. The molecule has 0 spiro atoms. The standard InChI is InChI=1S/C15H21FN4O.H2S/c1-2-3-4-11(7-8-21)18-14-12-6-5-10(16)9-13(12)19-15(17)20-14;/h5-6,9,11,21H,2-4,7-8H2,1H3,(H3,17,18,19,20);1H2/t11-;/m0./s1. The number of benzene rings is 1. The van der Waals surface area contributed by atoms with Crippen LogP contribution in [0.5, 0.6) is 0 Å². The molecule has 4 N–H and O–H groups in total. The normalized spacial score (nSPS) is 12.0. The number of aromatic nitrogens is 2. The molecule has 0 radical (unpaired) electrons. The Morgan fingerprint density at radius 3 is 2.77 bits per heavy atom. The lowest BCUT2D eigenvalue weighted by Crippen LogP contribution is -2.22. The van der Waals surface area contributed by atoms with Crippen LogP contribution in [0, 0.1) is 5.82 Å². The molecule has 1 atom stereocenters. The maximum atomic E-state index is 13.3. The van der Waals surface area contributed by atoms with E-state index < -0.39 is 0 Å². The summed E-state index contributed by atoms with van der Waals surface area (Å²) in [6.07, 6.45) is 3.71. The number of hydrogen-bond acceptors (Lipinski definition) is 5. The number of aliphatic hydroxyl groups is 1. The van der Waals surface area contributed by atoms with Crippen LogP contribution in [-0.4, -0.2) is 27.7 Å². The van der Waals surface area contributed by atoms with Gasteiger partial charge in [-0.2, -0.15) is 18.5 Å². The van der Waals surface area contributed by atoms with Crippen molar-refractivity contribution in [1.82, 2.24) is 9.97 Å². The molecule has 5 nitrogen and oxygen atoms in total. The van der Waals surface area contributed by atoms with Crippen molar-refractivity contribution in [2.45, 2.75) is 38.6 Å². The van der Waals surface area contributed by atoms with Crippen LogP contribution < -0.4 is 11.1 Å². The lowest BCUT2D eigenvalue weighted by atomic mass is 10.1. The number of anilines is 2. The van der Waals surface area contributed by atoms with Gasteiger partial charge in [-0.3, -0.25) is 0 Å². The third-order valence-electron chi connectivity index (χ3n) is 3.40. The summed E-state index contributed by atoms with van der Waals surface area (Å²) in [4.78, 5) is 8.26. The summed E-state index contributed by atoms with van der Waals surface area (Å²) < 4.78 is 13.3. The van der Waals surface area contributed by atoms with Gasteiger partial charge >= 0.3 is 0 Å². The zero-order valence-electron chi connectivity index (χ0n) is 12.6. The fourth-order valence-electron chi connectivity index (χ4n) is 2.32. The van der Waals surface area contributed by atoms with Gasteiger partial charge in [0.15, 0.2) is 0 Å². The van der Waals surface area contributed by atoms with Gasteiger partial charge in [-0.15, -0.1) is 0 Å². The Balaban J connectivity index is 0.00000242. The molecule has 2 aromatic rings. The minimum atomic E-state index is -0.357. The number of halogens is 1. The van der Waals surface area contributed by atoms with E-state index in [0.717, 1.165) is 24.6 Å². The molecule has 22 heavy (non-hydrogen) atoms. The first kappa shape index (κ1) is 18.4. The average molecular weight is 326 g/mol. The van der Waals surface area contributed by atoms with Gasteiger partial charge in [-0.1, -0.05) is 19.8 Å². The third kappa shape index (κ3) is 4.71. The molecule has 0 aliphatic heterocycles. The molecule has 2 rings (SSSR count). The van der Waals surface area contributed by atoms with E-state index >= 15 is 0 Å². The Labute approximate surface area is 136 Å². The molecular weight excluding hydrogens is 303 g/mol. The summed E-state index contributed by atoms with van der Waals surface area (Å²) in [6.45, 7) is 2.23. The second kappa shape index (κ2) is 8.75. The second-order valence-corrected chi connectivity index (χ2v) is 5.09. The van der Waals surface area contributed by atoms with Crippen LogP contribution in [0.1, 0.15) is 32.6 Å². The molecule has 7 heteroatoms. The molecule has 0 bridgehead atoms. The lowest BCUT2D eigenvalue weighted by molar-refractivity contribution is 0.276. The Morgan fingerprint density at radius 1 is 1.32 bits per heavy atom. The zero-order valence-corrected chi connectivity index (χ0v) is 13.6. The van der Waals surface area contributed by atoms with Crippen LogP contribution in [0.25, 0.3) is 10.9 Å². The fourth-order valence-corrected chi connectivity index (χ4v) is 2.32. The van der Waals surface area contributed by atoms with Crippen molar-refractivity contribution >= 4 is 36.2 Å². The van der Waals surface area contributed by atoms with Gasteiger partial charge in [0.1, 0.15) is 11.6 Å². The molecule has 0 aliphatic carbocycles. The van der Waals surface area contributed by atoms with Gasteiger partial charge in [-0.05, 0) is 25.0 Å². The van der Waals surface area contributed by atoms with Gasteiger partial charge in [0, 0.05) is 24.1 Å². The lowest BCUT2D eigenvalue weighted by Gasteiger charge is -2.19. The summed E-state index contributed by atoms with van der Waals surface area (Å²) in [6, 6.07) is 4.46. The Bertz CT molecular complexity index is 606. The molecule has 1 aromatic heterocycles. The van der Waals surface area contributed by atoms with Gasteiger partial charge in [0.05, 0.1) is 5.52 Å². The van der Waals surface area contributed by atoms with Crippen molar-refractivity contribution in [3.05, 3.63) is 24.0 Å². The Kier molecular flexibility index (Phi) is 7.34. The number of hydrogen-bond donors (Lipinski definition) is 3. The van der Waals surface area contributed by atoms with Gasteiger partial charge in [-0.25, -0.2) is 9.37 Å². The Morgan fingerprint density at radius 2 is 2.09 bits per heavy atom. The van der Waals surface area contributed by atoms with Crippen molar-refractivity contribution in [1.29, 1.82) is 0 Å². The number of aliphatic hydroxyl groups excluding tert-OH is 1. The summed E-state index contributed by atoms with van der Waals surface area (Å²) in [7, 11) is 0. The maximum absolute atomic E-state index is 13.3. The quantitative estimate of drug-likeness (QED) is 0.728. The van der Waals surface area contributed by atoms with E-state index in [1.54, 1.807) is 6.07 Å². The van der Waals surface area contributed by atoms with Crippen molar-refractivity contribution in [3.63, 3.8) is 0 Å². The van der Waals surface area contributed by atoms with E-state index in [2.05, 4.69) is 22.2 Å². The maximum Gasteiger partial charge on any atom is 0.222 e. The van der Waals surface area contributed by atoms with Crippen LogP contribution in [-0.2, 0) is 0 Å². The minimum absolute atomic E-state index is 0. The van der Waals surface area contributed by atoms with E-state index in [1.807, 2.05) is 0 Å². The largest absolute Gasteiger partial charge is 0.396 e. The van der Waals surface area contributed by atoms with Crippen LogP contribution in [0.3, 0.4) is 0 Å². The van der Waals surface area contributed by atoms with Crippen LogP contribution in [0.15, 0.2) is 18.2 Å². The highest BCUT2D eigenvalue weighted by molar-refractivity contribution is 7.59. The minimum Gasteiger partial charge on any atom is -0.396 e. The highest BCUT2D eigenvalue weighted by Gasteiger charge is 2.12. The molecule has 0 amide bonds. The summed E-state index contributed by atoms with van der Waals surface area (Å²) in [5.41, 5.74) is 6.17. The van der Waals surface area contributed by atoms with E-state index in [9.17, 15) is 9.50 Å². The molecule has 0 unspecified atom stereocenters. The van der Waals surface area contributed by atoms with Crippen molar-refractivity contribution < 1.29 is 9.50 Å². The van der Waals surface area contributed by atoms with Gasteiger partial charge in [0.2, 0.25) is 5.95 Å². The van der Waals surface area contributed by atoms with Gasteiger partial charge < -0.3 is 16.2 Å². The molecule has 0 aliphatic rings. The summed E-state index contributed by atoms with van der Waals surface area (Å²) in [5.74, 6) is 0.338. The number of fused-ring (bicyclic) bond motifs is 1. The van der Waals surface area contributed by atoms with E-state index in [1.165, 1.54) is 12.1 Å². The monoisotopic (exact) mass is 326 g/mol. The van der Waals surface area contributed by atoms with Crippen molar-refractivity contribution in [3.8, 4) is 0 Å². The van der Waals surface area contributed by atoms with E-state index in [-0.39, 0.29) is 37.9 Å². The van der Waals surface area contributed by atoms with E-state index in [0.29, 0.717) is 17.8 Å². The highest BCUT2D eigenvalue weighted by atomic mass is 32.1. The fraction of sp³-hybridized carbons (Fsp3) is 0.467. The first-order valence-electron chi connectivity index (χ1n) is 7.24. The van der Waals surface area contributed by atoms with Crippen LogP contribution in [0.4, 0.5) is 16.2 Å². The average Bonchev–Trinajstić information content (AvgIpc) is 2.44. The molecule has 1 aromatic carbocycles. The number of nitrogens with two attached hydrogens (primary N) is 1. The van der Waals surface area contributed by atoms with Gasteiger partial charge in [0.25, 0.3) is 0 Å². The predicted octanol–water partition coefficient (Wildman–Crippen LogP) is 2.82. The number of nitrogens with one attached hydrogen (secondary N) is 1. The topological polar surface area (TPSA) is 84.1 Å². The number of rotatable bonds is 7. The molecular formula is C15H23FN4OS. The zero-order chi connectivity index (χ0) is 15.2. The molecule has 1 heterocycles. The molecule has 0 fully saturated rings. The predicted molar refractivity (Wildman–Crippen MR) is 92.9 cm³/mol. The SMILES string of the molecule is CCCC[C@@H](CCO)Nc1nc(N)nc2cc(F)ccc12.S. The van der Waals surface area contributed by atoms with Crippen molar-refractivity contribution in [2.24, 2.45) is 0 Å². The smallest absolute Gasteiger partial charge is 0.222 e. The first-order valence-corrected chi connectivity index (χ1v) is 7.24. The Hall–Kier alpha value is -1.60. The molecule has 0 saturated carbocycles. The number of nitrogen functional groups attached to an aromatic ring is 1. The summed E-state index contributed by atoms with van der Waals surface area (Å²) >= 11 is 0. The van der Waals surface area contributed by atoms with Crippen molar-refractivity contribution in [2.75, 3.05) is 17.7 Å². The van der Waals surface area contributed by atoms with Crippen LogP contribution in [0.2, 0.25) is 0 Å². The molecule has 122 valence electrons. The highest BCUT2D eigenvalue weighted by Crippen LogP contribution is 2.24. The summed E-state index contributed by atoms with van der Waals surface area (Å²) in [5, 5.41) is 13.2. The second-order valence-electron chi connectivity index (χ2n) is 5.09.